The molecule has 1 amide bonds. The molecule has 0 atom stereocenters. The highest BCUT2D eigenvalue weighted by atomic mass is 32.2. The fourth-order valence-corrected chi connectivity index (χ4v) is 5.97. The molecule has 1 saturated heterocycles. The van der Waals surface area contributed by atoms with Gasteiger partial charge in [-0.15, -0.1) is 0 Å². The van der Waals surface area contributed by atoms with Gasteiger partial charge in [-0.05, 0) is 47.2 Å². The molecule has 184 valence electrons. The molecule has 1 spiro atoms. The standard InChI is InChI=1S/C26H35NO5SSi/c1-33(29,30)18-20-5-7-21(8-6-20)22-9-10-24-23(17-22)11-12-26(32-24)13-15-27(16-14-26)25(28)31-19-34(2,3)4/h5-10,17H,11-16,18-19H2,1-4H3. The summed E-state index contributed by atoms with van der Waals surface area (Å²) >= 11 is 0. The first-order chi connectivity index (χ1) is 15.9. The number of carbonyl (C=O) groups is 1. The minimum Gasteiger partial charge on any atom is -0.487 e. The zero-order chi connectivity index (χ0) is 24.6. The second-order valence-corrected chi connectivity index (χ2v) is 18.5. The van der Waals surface area contributed by atoms with Crippen molar-refractivity contribution in [2.45, 2.75) is 56.7 Å². The third-order valence-electron chi connectivity index (χ3n) is 6.51. The summed E-state index contributed by atoms with van der Waals surface area (Å²) in [5.41, 5.74) is 3.94. The molecule has 0 bridgehead atoms. The third kappa shape index (κ3) is 6.21. The minimum absolute atomic E-state index is 0.0564. The molecule has 6 nitrogen and oxygen atoms in total. The highest BCUT2D eigenvalue weighted by molar-refractivity contribution is 7.89. The van der Waals surface area contributed by atoms with E-state index >= 15 is 0 Å². The number of nitrogens with zero attached hydrogens (tertiary/aromatic N) is 1. The van der Waals surface area contributed by atoms with Gasteiger partial charge < -0.3 is 14.4 Å². The number of piperidine rings is 1. The smallest absolute Gasteiger partial charge is 0.409 e. The maximum Gasteiger partial charge on any atom is 0.409 e. The topological polar surface area (TPSA) is 72.9 Å². The van der Waals surface area contributed by atoms with Crippen LogP contribution in [0.15, 0.2) is 42.5 Å². The Morgan fingerprint density at radius 3 is 2.29 bits per heavy atom. The van der Waals surface area contributed by atoms with E-state index in [9.17, 15) is 13.2 Å². The van der Waals surface area contributed by atoms with Gasteiger partial charge in [0.1, 0.15) is 11.4 Å². The van der Waals surface area contributed by atoms with E-state index in [0.29, 0.717) is 19.3 Å². The van der Waals surface area contributed by atoms with Gasteiger partial charge >= 0.3 is 6.09 Å². The second kappa shape index (κ2) is 9.38. The summed E-state index contributed by atoms with van der Waals surface area (Å²) in [6.45, 7) is 7.91. The van der Waals surface area contributed by atoms with Crippen LogP contribution in [0, 0.1) is 0 Å². The van der Waals surface area contributed by atoms with Gasteiger partial charge in [-0.3, -0.25) is 0 Å². The number of amides is 1. The van der Waals surface area contributed by atoms with Gasteiger partial charge in [-0.25, -0.2) is 13.2 Å². The predicted molar refractivity (Wildman–Crippen MR) is 138 cm³/mol. The first-order valence-electron chi connectivity index (χ1n) is 11.9. The predicted octanol–water partition coefficient (Wildman–Crippen LogP) is 5.07. The molecule has 0 saturated carbocycles. The molecule has 0 N–H and O–H groups in total. The summed E-state index contributed by atoms with van der Waals surface area (Å²) in [7, 11) is -4.46. The van der Waals surface area contributed by atoms with Crippen LogP contribution in [0.25, 0.3) is 11.1 Å². The van der Waals surface area contributed by atoms with Gasteiger partial charge in [0.05, 0.1) is 20.1 Å². The molecule has 2 aromatic rings. The van der Waals surface area contributed by atoms with E-state index in [0.717, 1.165) is 48.1 Å². The average Bonchev–Trinajstić information content (AvgIpc) is 2.77. The lowest BCUT2D eigenvalue weighted by Crippen LogP contribution is -2.51. The van der Waals surface area contributed by atoms with E-state index in [1.807, 2.05) is 35.2 Å². The largest absolute Gasteiger partial charge is 0.487 e. The van der Waals surface area contributed by atoms with Crippen molar-refractivity contribution in [3.63, 3.8) is 0 Å². The van der Waals surface area contributed by atoms with Crippen LogP contribution < -0.4 is 4.74 Å². The number of hydrogen-bond acceptors (Lipinski definition) is 5. The van der Waals surface area contributed by atoms with E-state index in [4.69, 9.17) is 9.47 Å². The first kappa shape index (κ1) is 24.8. The normalized spacial score (nSPS) is 17.7. The minimum atomic E-state index is -3.04. The van der Waals surface area contributed by atoms with Crippen molar-refractivity contribution in [1.82, 2.24) is 4.90 Å². The van der Waals surface area contributed by atoms with Crippen molar-refractivity contribution >= 4 is 24.0 Å². The Hall–Kier alpha value is -2.32. The summed E-state index contributed by atoms with van der Waals surface area (Å²) < 4.78 is 35.1. The Balaban J connectivity index is 1.38. The van der Waals surface area contributed by atoms with Crippen LogP contribution in [0.5, 0.6) is 5.75 Å². The number of likely N-dealkylation sites (tertiary alicyclic amines) is 1. The second-order valence-electron chi connectivity index (χ2n) is 11.0. The van der Waals surface area contributed by atoms with E-state index < -0.39 is 17.9 Å². The summed E-state index contributed by atoms with van der Waals surface area (Å²) in [6, 6.07) is 14.0. The highest BCUT2D eigenvalue weighted by Crippen LogP contribution is 2.41. The molecule has 2 aliphatic heterocycles. The Kier molecular flexibility index (Phi) is 6.84. The Morgan fingerprint density at radius 1 is 1.03 bits per heavy atom. The van der Waals surface area contributed by atoms with Gasteiger partial charge in [0.15, 0.2) is 9.84 Å². The van der Waals surface area contributed by atoms with Gasteiger partial charge in [0, 0.05) is 32.2 Å². The average molecular weight is 502 g/mol. The number of rotatable bonds is 5. The van der Waals surface area contributed by atoms with Crippen LogP contribution in [0.4, 0.5) is 4.79 Å². The Morgan fingerprint density at radius 2 is 1.68 bits per heavy atom. The van der Waals surface area contributed by atoms with E-state index in [-0.39, 0.29) is 17.4 Å². The van der Waals surface area contributed by atoms with E-state index in [1.54, 1.807) is 0 Å². The molecule has 2 aromatic carbocycles. The molecule has 0 aliphatic carbocycles. The molecule has 2 heterocycles. The molecular weight excluding hydrogens is 466 g/mol. The summed E-state index contributed by atoms with van der Waals surface area (Å²) in [5.74, 6) is 0.986. The van der Waals surface area contributed by atoms with Crippen molar-refractivity contribution in [1.29, 1.82) is 0 Å². The lowest BCUT2D eigenvalue weighted by atomic mass is 9.82. The van der Waals surface area contributed by atoms with Crippen molar-refractivity contribution < 1.29 is 22.7 Å². The molecule has 8 heteroatoms. The van der Waals surface area contributed by atoms with Crippen molar-refractivity contribution in [3.05, 3.63) is 53.6 Å². The zero-order valence-corrected chi connectivity index (χ0v) is 22.4. The quantitative estimate of drug-likeness (QED) is 0.535. The van der Waals surface area contributed by atoms with Crippen LogP contribution in [0.3, 0.4) is 0 Å². The lowest BCUT2D eigenvalue weighted by Gasteiger charge is -2.44. The van der Waals surface area contributed by atoms with Gasteiger partial charge in [-0.2, -0.15) is 0 Å². The number of aryl methyl sites for hydroxylation is 1. The molecule has 0 radical (unpaired) electrons. The molecular formula is C26H35NO5SSi. The number of hydrogen-bond donors (Lipinski definition) is 0. The lowest BCUT2D eigenvalue weighted by molar-refractivity contribution is -0.0130. The number of carbonyl (C=O) groups excluding carboxylic acids is 1. The zero-order valence-electron chi connectivity index (χ0n) is 20.6. The van der Waals surface area contributed by atoms with Gasteiger partial charge in [0.25, 0.3) is 0 Å². The number of sulfone groups is 1. The molecule has 34 heavy (non-hydrogen) atoms. The first-order valence-corrected chi connectivity index (χ1v) is 17.7. The van der Waals surface area contributed by atoms with Crippen molar-refractivity contribution in [3.8, 4) is 16.9 Å². The van der Waals surface area contributed by atoms with Crippen molar-refractivity contribution in [2.75, 3.05) is 25.6 Å². The summed E-state index contributed by atoms with van der Waals surface area (Å²) in [5, 5.41) is 0. The van der Waals surface area contributed by atoms with Crippen LogP contribution in [0.2, 0.25) is 19.6 Å². The van der Waals surface area contributed by atoms with Crippen LogP contribution in [0.1, 0.15) is 30.4 Å². The molecule has 1 fully saturated rings. The third-order valence-corrected chi connectivity index (χ3v) is 8.38. The van der Waals surface area contributed by atoms with E-state index in [2.05, 4.69) is 31.8 Å². The Bertz CT molecular complexity index is 1150. The van der Waals surface area contributed by atoms with Crippen LogP contribution >= 0.6 is 0 Å². The summed E-state index contributed by atoms with van der Waals surface area (Å²) in [6.07, 6.45) is 5.13. The molecule has 0 aromatic heterocycles. The van der Waals surface area contributed by atoms with Crippen LogP contribution in [-0.4, -0.2) is 58.7 Å². The van der Waals surface area contributed by atoms with Gasteiger partial charge in [0.2, 0.25) is 0 Å². The molecule has 2 aliphatic rings. The monoisotopic (exact) mass is 501 g/mol. The highest BCUT2D eigenvalue weighted by Gasteiger charge is 2.41. The Labute approximate surface area is 204 Å². The summed E-state index contributed by atoms with van der Waals surface area (Å²) in [4.78, 5) is 14.3. The van der Waals surface area contributed by atoms with E-state index in [1.165, 1.54) is 11.8 Å². The molecule has 4 rings (SSSR count). The maximum atomic E-state index is 12.4. The number of fused-ring (bicyclic) bond motifs is 1. The van der Waals surface area contributed by atoms with Gasteiger partial charge in [-0.1, -0.05) is 50.0 Å². The number of benzene rings is 2. The SMILES string of the molecule is C[Si](C)(C)COC(=O)N1CCC2(CCc3cc(-c4ccc(CS(C)(=O)=O)cc4)ccc3O2)CC1. The maximum absolute atomic E-state index is 12.4. The molecule has 0 unspecified atom stereocenters. The fourth-order valence-electron chi connectivity index (χ4n) is 4.62. The number of ether oxygens (including phenoxy) is 2. The fraction of sp³-hybridized carbons (Fsp3) is 0.500. The van der Waals surface area contributed by atoms with Crippen LogP contribution in [-0.2, 0) is 26.7 Å². The van der Waals surface area contributed by atoms with Crippen molar-refractivity contribution in [2.24, 2.45) is 0 Å².